The van der Waals surface area contributed by atoms with Crippen LogP contribution in [-0.2, 0) is 10.0 Å². The lowest BCUT2D eigenvalue weighted by atomic mass is 10.2. The molecule has 0 saturated carbocycles. The van der Waals surface area contributed by atoms with Gasteiger partial charge in [0.05, 0.1) is 4.90 Å². The number of benzene rings is 1. The molecule has 2 heterocycles. The van der Waals surface area contributed by atoms with Crippen LogP contribution >= 0.6 is 0 Å². The van der Waals surface area contributed by atoms with Gasteiger partial charge in [0.15, 0.2) is 17.3 Å². The zero-order chi connectivity index (χ0) is 18.4. The van der Waals surface area contributed by atoms with Gasteiger partial charge in [-0.3, -0.25) is 4.72 Å². The predicted molar refractivity (Wildman–Crippen MR) is 98.3 cm³/mol. The Morgan fingerprint density at radius 2 is 1.73 bits per heavy atom. The zero-order valence-electron chi connectivity index (χ0n) is 14.6. The van der Waals surface area contributed by atoms with E-state index >= 15 is 0 Å². The summed E-state index contributed by atoms with van der Waals surface area (Å²) in [6, 6.07) is 7.75. The number of hydrogen-bond donors (Lipinski definition) is 2. The summed E-state index contributed by atoms with van der Waals surface area (Å²) in [5.41, 5.74) is 0. The number of hydrogen-bond acceptors (Lipinski definition) is 7. The maximum absolute atomic E-state index is 12.5. The molecule has 1 aliphatic heterocycles. The summed E-state index contributed by atoms with van der Waals surface area (Å²) >= 11 is 0. The number of fused-ring (bicyclic) bond motifs is 1. The number of nitrogens with zero attached hydrogens (tertiary/aromatic N) is 2. The number of sulfonamides is 1. The van der Waals surface area contributed by atoms with Crippen LogP contribution in [0.2, 0.25) is 0 Å². The van der Waals surface area contributed by atoms with Gasteiger partial charge in [0.25, 0.3) is 10.0 Å². The van der Waals surface area contributed by atoms with E-state index in [1.54, 1.807) is 18.2 Å². The molecule has 1 aromatic carbocycles. The molecule has 140 valence electrons. The van der Waals surface area contributed by atoms with Gasteiger partial charge < -0.3 is 14.8 Å². The van der Waals surface area contributed by atoms with Gasteiger partial charge in [0.1, 0.15) is 19.0 Å². The minimum absolute atomic E-state index is 0.0744. The third-order valence-electron chi connectivity index (χ3n) is 3.81. The Labute approximate surface area is 153 Å². The van der Waals surface area contributed by atoms with Crippen LogP contribution in [0.1, 0.15) is 26.2 Å². The molecule has 8 nitrogen and oxygen atoms in total. The van der Waals surface area contributed by atoms with Crippen LogP contribution in [0.25, 0.3) is 0 Å². The van der Waals surface area contributed by atoms with E-state index in [1.165, 1.54) is 12.1 Å². The first-order chi connectivity index (χ1) is 12.6. The van der Waals surface area contributed by atoms with Crippen LogP contribution in [0, 0.1) is 0 Å². The zero-order valence-corrected chi connectivity index (χ0v) is 15.4. The van der Waals surface area contributed by atoms with Crippen LogP contribution in [0.15, 0.2) is 35.2 Å². The Hall–Kier alpha value is -2.55. The third kappa shape index (κ3) is 4.54. The number of rotatable bonds is 8. The first-order valence-electron chi connectivity index (χ1n) is 8.58. The first-order valence-corrected chi connectivity index (χ1v) is 10.1. The monoisotopic (exact) mass is 378 g/mol. The molecule has 26 heavy (non-hydrogen) atoms. The Morgan fingerprint density at radius 3 is 2.46 bits per heavy atom. The molecule has 9 heteroatoms. The van der Waals surface area contributed by atoms with Crippen molar-refractivity contribution in [3.63, 3.8) is 0 Å². The van der Waals surface area contributed by atoms with Crippen molar-refractivity contribution in [2.45, 2.75) is 31.1 Å². The number of aromatic nitrogens is 2. The number of ether oxygens (including phenoxy) is 2. The molecule has 0 spiro atoms. The summed E-state index contributed by atoms with van der Waals surface area (Å²) in [6.07, 6.45) is 3.35. The second-order valence-electron chi connectivity index (χ2n) is 5.85. The van der Waals surface area contributed by atoms with Gasteiger partial charge in [0, 0.05) is 12.6 Å². The van der Waals surface area contributed by atoms with Crippen molar-refractivity contribution in [1.82, 2.24) is 10.2 Å². The van der Waals surface area contributed by atoms with Gasteiger partial charge >= 0.3 is 0 Å². The molecule has 2 N–H and O–H groups in total. The average Bonchev–Trinajstić information content (AvgIpc) is 2.66. The second kappa shape index (κ2) is 8.22. The number of anilines is 2. The maximum atomic E-state index is 12.5. The lowest BCUT2D eigenvalue weighted by Crippen LogP contribution is -2.18. The van der Waals surface area contributed by atoms with Crippen molar-refractivity contribution in [2.75, 3.05) is 29.8 Å². The molecule has 0 unspecified atom stereocenters. The molecule has 1 aromatic heterocycles. The molecule has 0 fully saturated rings. The van der Waals surface area contributed by atoms with Gasteiger partial charge in [-0.25, -0.2) is 8.42 Å². The molecule has 0 aliphatic carbocycles. The Morgan fingerprint density at radius 1 is 1.00 bits per heavy atom. The predicted octanol–water partition coefficient (Wildman–Crippen LogP) is 2.65. The van der Waals surface area contributed by atoms with Crippen molar-refractivity contribution < 1.29 is 17.9 Å². The van der Waals surface area contributed by atoms with E-state index in [9.17, 15) is 8.42 Å². The Balaban J connectivity index is 1.65. The summed E-state index contributed by atoms with van der Waals surface area (Å²) in [4.78, 5) is 0.0744. The third-order valence-corrected chi connectivity index (χ3v) is 5.17. The quantitative estimate of drug-likeness (QED) is 0.681. The number of unbranched alkanes of at least 4 members (excludes halogenated alkanes) is 2. The van der Waals surface area contributed by atoms with Crippen molar-refractivity contribution in [3.05, 3.63) is 30.3 Å². The van der Waals surface area contributed by atoms with Crippen molar-refractivity contribution >= 4 is 21.7 Å². The summed E-state index contributed by atoms with van der Waals surface area (Å²) in [5, 5.41) is 11.1. The number of nitrogens with one attached hydrogen (secondary N) is 2. The van der Waals surface area contributed by atoms with E-state index in [-0.39, 0.29) is 10.7 Å². The van der Waals surface area contributed by atoms with Crippen LogP contribution in [0.3, 0.4) is 0 Å². The van der Waals surface area contributed by atoms with Crippen LogP contribution in [-0.4, -0.2) is 38.4 Å². The van der Waals surface area contributed by atoms with E-state index in [1.807, 2.05) is 0 Å². The second-order valence-corrected chi connectivity index (χ2v) is 7.53. The lowest BCUT2D eigenvalue weighted by molar-refractivity contribution is 0.171. The normalized spacial score (nSPS) is 13.3. The minimum Gasteiger partial charge on any atom is -0.486 e. The average molecular weight is 378 g/mol. The van der Waals surface area contributed by atoms with E-state index in [0.29, 0.717) is 30.5 Å². The van der Waals surface area contributed by atoms with Gasteiger partial charge in [-0.15, -0.1) is 10.2 Å². The van der Waals surface area contributed by atoms with Crippen LogP contribution in [0.4, 0.5) is 11.6 Å². The fraction of sp³-hybridized carbons (Fsp3) is 0.412. The molecule has 0 saturated heterocycles. The fourth-order valence-corrected chi connectivity index (χ4v) is 3.47. The summed E-state index contributed by atoms with van der Waals surface area (Å²) in [5.74, 6) is 1.72. The summed E-state index contributed by atoms with van der Waals surface area (Å²) in [6.45, 7) is 3.79. The Bertz CT molecular complexity index is 840. The van der Waals surface area contributed by atoms with E-state index in [0.717, 1.165) is 25.8 Å². The molecule has 2 aromatic rings. The van der Waals surface area contributed by atoms with Gasteiger partial charge in [-0.2, -0.15) is 0 Å². The maximum Gasteiger partial charge on any atom is 0.263 e. The van der Waals surface area contributed by atoms with E-state index in [2.05, 4.69) is 27.2 Å². The molecule has 1 aliphatic rings. The van der Waals surface area contributed by atoms with Crippen LogP contribution < -0.4 is 19.5 Å². The van der Waals surface area contributed by atoms with E-state index < -0.39 is 10.0 Å². The largest absolute Gasteiger partial charge is 0.486 e. The standard InChI is InChI=1S/C17H22N4O4S/c1-2-3-4-9-18-16-7-8-17(20-19-16)21-26(22,23)13-5-6-14-15(12-13)25-11-10-24-14/h5-8,12H,2-4,9-11H2,1H3,(H,18,19)(H,20,21). The highest BCUT2D eigenvalue weighted by atomic mass is 32.2. The highest BCUT2D eigenvalue weighted by Crippen LogP contribution is 2.32. The molecule has 0 amide bonds. The summed E-state index contributed by atoms with van der Waals surface area (Å²) in [7, 11) is -3.79. The summed E-state index contributed by atoms with van der Waals surface area (Å²) < 4.78 is 38.3. The molecule has 0 radical (unpaired) electrons. The molecule has 0 atom stereocenters. The van der Waals surface area contributed by atoms with E-state index in [4.69, 9.17) is 9.47 Å². The highest BCUT2D eigenvalue weighted by molar-refractivity contribution is 7.92. The molecular formula is C17H22N4O4S. The van der Waals surface area contributed by atoms with Crippen molar-refractivity contribution in [1.29, 1.82) is 0 Å². The van der Waals surface area contributed by atoms with Crippen molar-refractivity contribution in [3.8, 4) is 11.5 Å². The Kier molecular flexibility index (Phi) is 5.77. The topological polar surface area (TPSA) is 102 Å². The van der Waals surface area contributed by atoms with Gasteiger partial charge in [0.2, 0.25) is 0 Å². The van der Waals surface area contributed by atoms with Crippen molar-refractivity contribution in [2.24, 2.45) is 0 Å². The lowest BCUT2D eigenvalue weighted by Gasteiger charge is -2.18. The molecule has 3 rings (SSSR count). The fourth-order valence-electron chi connectivity index (χ4n) is 2.46. The smallest absolute Gasteiger partial charge is 0.263 e. The first kappa shape index (κ1) is 18.2. The minimum atomic E-state index is -3.79. The van der Waals surface area contributed by atoms with Gasteiger partial charge in [-0.1, -0.05) is 19.8 Å². The van der Waals surface area contributed by atoms with Crippen LogP contribution in [0.5, 0.6) is 11.5 Å². The molecule has 0 bridgehead atoms. The highest BCUT2D eigenvalue weighted by Gasteiger charge is 2.20. The van der Waals surface area contributed by atoms with Gasteiger partial charge in [-0.05, 0) is 30.7 Å². The molecular weight excluding hydrogens is 356 g/mol. The SMILES string of the molecule is CCCCCNc1ccc(NS(=O)(=O)c2ccc3c(c2)OCCO3)nn1.